The van der Waals surface area contributed by atoms with Crippen LogP contribution in [0, 0.1) is 6.92 Å². The number of nitrogens with one attached hydrogen (secondary N) is 2. The summed E-state index contributed by atoms with van der Waals surface area (Å²) in [6, 6.07) is 16.6. The van der Waals surface area contributed by atoms with Crippen LogP contribution in [0.15, 0.2) is 59.1 Å². The Kier molecular flexibility index (Phi) is 2.71. The van der Waals surface area contributed by atoms with Crippen LogP contribution in [0.3, 0.4) is 0 Å². The number of furan rings is 1. The number of fused-ring (bicyclic) bond motifs is 2. The van der Waals surface area contributed by atoms with Crippen LogP contribution in [-0.4, -0.2) is 4.98 Å². The predicted octanol–water partition coefficient (Wildman–Crippen LogP) is 4.83. The zero-order valence-electron chi connectivity index (χ0n) is 11.8. The second-order valence-electron chi connectivity index (χ2n) is 5.27. The summed E-state index contributed by atoms with van der Waals surface area (Å²) in [5.41, 5.74) is 4.45. The molecule has 3 nitrogen and oxygen atoms in total. The van der Waals surface area contributed by atoms with E-state index in [4.69, 9.17) is 4.42 Å². The Morgan fingerprint density at radius 3 is 2.95 bits per heavy atom. The minimum absolute atomic E-state index is 0.763. The van der Waals surface area contributed by atoms with Crippen molar-refractivity contribution in [1.82, 2.24) is 4.98 Å². The Labute approximate surface area is 122 Å². The monoisotopic (exact) mass is 276 g/mol. The first kappa shape index (κ1) is 12.1. The number of rotatable bonds is 3. The topological polar surface area (TPSA) is 41.0 Å². The van der Waals surface area contributed by atoms with Crippen LogP contribution in [0.25, 0.3) is 21.9 Å². The number of aryl methyl sites for hydroxylation is 1. The molecule has 0 fully saturated rings. The molecule has 0 bridgehead atoms. The lowest BCUT2D eigenvalue weighted by molar-refractivity contribution is 0.573. The Morgan fingerprint density at radius 1 is 1.10 bits per heavy atom. The maximum absolute atomic E-state index is 5.80. The zero-order chi connectivity index (χ0) is 14.2. The number of para-hydroxylation sites is 1. The van der Waals surface area contributed by atoms with E-state index in [0.29, 0.717) is 0 Å². The first-order chi connectivity index (χ1) is 10.3. The minimum Gasteiger partial charge on any atom is -0.461 e. The molecule has 3 heteroatoms. The van der Waals surface area contributed by atoms with Gasteiger partial charge < -0.3 is 14.7 Å². The summed E-state index contributed by atoms with van der Waals surface area (Å²) < 4.78 is 5.80. The standard InChI is InChI=1S/C18H16N2O/c1-12-16(15-4-2-3-5-18(15)21-12)11-20-14-6-7-17-13(10-14)8-9-19-17/h2-10,19-20H,11H2,1H3. The van der Waals surface area contributed by atoms with Gasteiger partial charge in [0.15, 0.2) is 0 Å². The molecule has 2 N–H and O–H groups in total. The first-order valence-electron chi connectivity index (χ1n) is 7.09. The second kappa shape index (κ2) is 4.70. The molecular weight excluding hydrogens is 260 g/mol. The molecule has 4 aromatic rings. The van der Waals surface area contributed by atoms with Crippen LogP contribution in [-0.2, 0) is 6.54 Å². The van der Waals surface area contributed by atoms with Gasteiger partial charge in [0.1, 0.15) is 11.3 Å². The summed E-state index contributed by atoms with van der Waals surface area (Å²) in [4.78, 5) is 3.21. The molecule has 0 aliphatic carbocycles. The molecule has 2 aromatic heterocycles. The van der Waals surface area contributed by atoms with E-state index in [1.807, 2.05) is 31.3 Å². The maximum atomic E-state index is 5.80. The Hall–Kier alpha value is -2.68. The number of H-pyrrole nitrogens is 1. The lowest BCUT2D eigenvalue weighted by Crippen LogP contribution is -1.99. The van der Waals surface area contributed by atoms with Crippen molar-refractivity contribution in [2.45, 2.75) is 13.5 Å². The SMILES string of the molecule is Cc1oc2ccccc2c1CNc1ccc2[nH]ccc2c1. The smallest absolute Gasteiger partial charge is 0.134 e. The van der Waals surface area contributed by atoms with Gasteiger partial charge in [0, 0.05) is 40.3 Å². The van der Waals surface area contributed by atoms with Crippen molar-refractivity contribution in [1.29, 1.82) is 0 Å². The van der Waals surface area contributed by atoms with E-state index < -0.39 is 0 Å². The van der Waals surface area contributed by atoms with Gasteiger partial charge in [0.2, 0.25) is 0 Å². The lowest BCUT2D eigenvalue weighted by Gasteiger charge is -2.06. The summed E-state index contributed by atoms with van der Waals surface area (Å²) in [5.74, 6) is 0.978. The van der Waals surface area contributed by atoms with Crippen LogP contribution in [0.2, 0.25) is 0 Å². The highest BCUT2D eigenvalue weighted by Gasteiger charge is 2.09. The quantitative estimate of drug-likeness (QED) is 0.562. The molecule has 104 valence electrons. The molecule has 4 rings (SSSR count). The summed E-state index contributed by atoms with van der Waals surface area (Å²) in [7, 11) is 0. The molecule has 2 aromatic carbocycles. The van der Waals surface area contributed by atoms with Crippen molar-refractivity contribution in [2.24, 2.45) is 0 Å². The second-order valence-corrected chi connectivity index (χ2v) is 5.27. The molecule has 0 aliphatic heterocycles. The summed E-state index contributed by atoms with van der Waals surface area (Å²) in [5, 5.41) is 5.89. The number of aromatic nitrogens is 1. The largest absolute Gasteiger partial charge is 0.461 e. The van der Waals surface area contributed by atoms with Crippen molar-refractivity contribution in [3.63, 3.8) is 0 Å². The predicted molar refractivity (Wildman–Crippen MR) is 86.6 cm³/mol. The van der Waals surface area contributed by atoms with E-state index in [1.165, 1.54) is 16.3 Å². The van der Waals surface area contributed by atoms with Gasteiger partial charge >= 0.3 is 0 Å². The molecule has 0 aliphatic rings. The highest BCUT2D eigenvalue weighted by atomic mass is 16.3. The fourth-order valence-corrected chi connectivity index (χ4v) is 2.79. The van der Waals surface area contributed by atoms with Crippen molar-refractivity contribution in [3.05, 3.63) is 66.1 Å². The molecular formula is C18H16N2O. The third kappa shape index (κ3) is 2.07. The van der Waals surface area contributed by atoms with Gasteiger partial charge in [-0.1, -0.05) is 18.2 Å². The molecule has 0 saturated carbocycles. The van der Waals surface area contributed by atoms with Crippen LogP contribution in [0.4, 0.5) is 5.69 Å². The Bertz CT molecular complexity index is 917. The van der Waals surface area contributed by atoms with Crippen molar-refractivity contribution >= 4 is 27.6 Å². The zero-order valence-corrected chi connectivity index (χ0v) is 11.8. The maximum Gasteiger partial charge on any atom is 0.134 e. The Balaban J connectivity index is 1.64. The molecule has 0 unspecified atom stereocenters. The number of benzene rings is 2. The van der Waals surface area contributed by atoms with Gasteiger partial charge in [-0.2, -0.15) is 0 Å². The molecule has 0 saturated heterocycles. The van der Waals surface area contributed by atoms with E-state index in [2.05, 4.69) is 40.6 Å². The summed E-state index contributed by atoms with van der Waals surface area (Å²) in [6.07, 6.45) is 1.96. The molecule has 0 radical (unpaired) electrons. The highest BCUT2D eigenvalue weighted by Crippen LogP contribution is 2.26. The lowest BCUT2D eigenvalue weighted by atomic mass is 10.1. The van der Waals surface area contributed by atoms with Gasteiger partial charge in [-0.25, -0.2) is 0 Å². The van der Waals surface area contributed by atoms with Gasteiger partial charge in [0.05, 0.1) is 0 Å². The van der Waals surface area contributed by atoms with Crippen LogP contribution < -0.4 is 5.32 Å². The van der Waals surface area contributed by atoms with Crippen LogP contribution >= 0.6 is 0 Å². The molecule has 0 spiro atoms. The third-order valence-electron chi connectivity index (χ3n) is 3.92. The van der Waals surface area contributed by atoms with Gasteiger partial charge in [-0.15, -0.1) is 0 Å². The van der Waals surface area contributed by atoms with E-state index in [1.54, 1.807) is 0 Å². The number of aromatic amines is 1. The fourth-order valence-electron chi connectivity index (χ4n) is 2.79. The number of anilines is 1. The normalized spacial score (nSPS) is 11.3. The van der Waals surface area contributed by atoms with E-state index in [0.717, 1.165) is 29.1 Å². The highest BCUT2D eigenvalue weighted by molar-refractivity contribution is 5.84. The first-order valence-corrected chi connectivity index (χ1v) is 7.09. The average Bonchev–Trinajstić information content (AvgIpc) is 3.08. The van der Waals surface area contributed by atoms with Gasteiger partial charge in [-0.05, 0) is 37.3 Å². The van der Waals surface area contributed by atoms with Gasteiger partial charge in [0.25, 0.3) is 0 Å². The van der Waals surface area contributed by atoms with E-state index in [-0.39, 0.29) is 0 Å². The summed E-state index contributed by atoms with van der Waals surface area (Å²) >= 11 is 0. The van der Waals surface area contributed by atoms with Crippen molar-refractivity contribution in [2.75, 3.05) is 5.32 Å². The third-order valence-corrected chi connectivity index (χ3v) is 3.92. The number of hydrogen-bond donors (Lipinski definition) is 2. The van der Waals surface area contributed by atoms with Crippen LogP contribution in [0.1, 0.15) is 11.3 Å². The van der Waals surface area contributed by atoms with Gasteiger partial charge in [-0.3, -0.25) is 0 Å². The van der Waals surface area contributed by atoms with Crippen molar-refractivity contribution < 1.29 is 4.42 Å². The fraction of sp³-hybridized carbons (Fsp3) is 0.111. The molecule has 0 atom stereocenters. The number of hydrogen-bond acceptors (Lipinski definition) is 2. The van der Waals surface area contributed by atoms with E-state index >= 15 is 0 Å². The molecule has 0 amide bonds. The summed E-state index contributed by atoms with van der Waals surface area (Å²) in [6.45, 7) is 2.78. The van der Waals surface area contributed by atoms with Crippen molar-refractivity contribution in [3.8, 4) is 0 Å². The average molecular weight is 276 g/mol. The Morgan fingerprint density at radius 2 is 2.00 bits per heavy atom. The minimum atomic E-state index is 0.763. The van der Waals surface area contributed by atoms with E-state index in [9.17, 15) is 0 Å². The molecule has 21 heavy (non-hydrogen) atoms. The van der Waals surface area contributed by atoms with Crippen LogP contribution in [0.5, 0.6) is 0 Å². The molecule has 2 heterocycles.